The summed E-state index contributed by atoms with van der Waals surface area (Å²) in [6.45, 7) is 3.57. The molecule has 2 aromatic rings. The quantitative estimate of drug-likeness (QED) is 0.848. The van der Waals surface area contributed by atoms with E-state index >= 15 is 0 Å². The lowest BCUT2D eigenvalue weighted by Crippen LogP contribution is -2.24. The molecule has 0 saturated carbocycles. The second-order valence-electron chi connectivity index (χ2n) is 4.72. The van der Waals surface area contributed by atoms with E-state index in [1.807, 2.05) is 6.07 Å². The van der Waals surface area contributed by atoms with E-state index in [-0.39, 0.29) is 12.2 Å². The van der Waals surface area contributed by atoms with Crippen LogP contribution in [0.4, 0.5) is 0 Å². The van der Waals surface area contributed by atoms with E-state index in [1.54, 1.807) is 44.2 Å². The molecule has 0 spiro atoms. The van der Waals surface area contributed by atoms with Crippen molar-refractivity contribution in [2.45, 2.75) is 26.3 Å². The van der Waals surface area contributed by atoms with Gasteiger partial charge in [-0.25, -0.2) is 4.79 Å². The summed E-state index contributed by atoms with van der Waals surface area (Å²) in [6, 6.07) is 9.51. The number of Topliss-reactive ketones (excluding diaryl/α,β-unsaturated/α-hetero) is 1. The van der Waals surface area contributed by atoms with Gasteiger partial charge in [-0.05, 0) is 19.9 Å². The summed E-state index contributed by atoms with van der Waals surface area (Å²) in [5, 5.41) is 13.5. The first-order chi connectivity index (χ1) is 9.49. The lowest BCUT2D eigenvalue weighted by molar-refractivity contribution is -0.141. The third-order valence-corrected chi connectivity index (χ3v) is 3.10. The third kappa shape index (κ3) is 2.93. The molecule has 0 unspecified atom stereocenters. The van der Waals surface area contributed by atoms with Crippen LogP contribution in [0.15, 0.2) is 36.4 Å². The van der Waals surface area contributed by atoms with Crippen molar-refractivity contribution in [3.63, 3.8) is 0 Å². The number of aryl methyl sites for hydroxylation is 2. The van der Waals surface area contributed by atoms with Gasteiger partial charge < -0.3 is 5.11 Å². The minimum Gasteiger partial charge on any atom is -0.480 e. The largest absolute Gasteiger partial charge is 0.480 e. The lowest BCUT2D eigenvalue weighted by atomic mass is 10.0. The molecule has 0 saturated heterocycles. The van der Waals surface area contributed by atoms with Gasteiger partial charge in [-0.2, -0.15) is 5.10 Å². The molecular formula is C15H16N2O3. The molecule has 20 heavy (non-hydrogen) atoms. The molecule has 0 aliphatic rings. The first kappa shape index (κ1) is 14.0. The first-order valence-corrected chi connectivity index (χ1v) is 6.33. The van der Waals surface area contributed by atoms with E-state index in [2.05, 4.69) is 5.10 Å². The number of carbonyl (C=O) groups excluding carboxylic acids is 1. The van der Waals surface area contributed by atoms with Crippen LogP contribution >= 0.6 is 0 Å². The van der Waals surface area contributed by atoms with Crippen molar-refractivity contribution < 1.29 is 14.7 Å². The van der Waals surface area contributed by atoms with E-state index in [4.69, 9.17) is 0 Å². The molecule has 5 heteroatoms. The molecule has 0 aliphatic carbocycles. The summed E-state index contributed by atoms with van der Waals surface area (Å²) >= 11 is 0. The summed E-state index contributed by atoms with van der Waals surface area (Å²) in [4.78, 5) is 23.6. The normalized spacial score (nSPS) is 12.1. The van der Waals surface area contributed by atoms with Crippen LogP contribution < -0.4 is 0 Å². The third-order valence-electron chi connectivity index (χ3n) is 3.10. The number of aliphatic carboxylic acids is 1. The van der Waals surface area contributed by atoms with Gasteiger partial charge in [-0.3, -0.25) is 9.48 Å². The SMILES string of the molecule is Cc1cc(C)n([C@H](CC(=O)c2ccccc2)C(=O)O)n1. The zero-order chi connectivity index (χ0) is 14.7. The molecule has 1 heterocycles. The second kappa shape index (κ2) is 5.69. The van der Waals surface area contributed by atoms with E-state index in [9.17, 15) is 14.7 Å². The zero-order valence-electron chi connectivity index (χ0n) is 11.4. The Labute approximate surface area is 116 Å². The predicted octanol–water partition coefficient (Wildman–Crippen LogP) is 2.40. The second-order valence-corrected chi connectivity index (χ2v) is 4.72. The smallest absolute Gasteiger partial charge is 0.328 e. The van der Waals surface area contributed by atoms with Gasteiger partial charge in [0.15, 0.2) is 11.8 Å². The number of rotatable bonds is 5. The fraction of sp³-hybridized carbons (Fsp3) is 0.267. The van der Waals surface area contributed by atoms with Gasteiger partial charge in [-0.15, -0.1) is 0 Å². The number of hydrogen-bond acceptors (Lipinski definition) is 3. The fourth-order valence-electron chi connectivity index (χ4n) is 2.16. The summed E-state index contributed by atoms with van der Waals surface area (Å²) in [5.41, 5.74) is 1.98. The van der Waals surface area contributed by atoms with Crippen LogP contribution in [-0.4, -0.2) is 26.6 Å². The molecule has 0 bridgehead atoms. The summed E-state index contributed by atoms with van der Waals surface area (Å²) < 4.78 is 1.40. The molecule has 0 amide bonds. The number of aromatic nitrogens is 2. The standard InChI is InChI=1S/C15H16N2O3/c1-10-8-11(2)17(16-10)13(15(19)20)9-14(18)12-6-4-3-5-7-12/h3-8,13H,9H2,1-2H3,(H,19,20)/t13-/m1/s1. The van der Waals surface area contributed by atoms with Crippen LogP contribution in [0.2, 0.25) is 0 Å². The number of benzene rings is 1. The minimum atomic E-state index is -1.06. The van der Waals surface area contributed by atoms with E-state index in [1.165, 1.54) is 4.68 Å². The van der Waals surface area contributed by atoms with Gasteiger partial charge in [-0.1, -0.05) is 30.3 Å². The van der Waals surface area contributed by atoms with Crippen LogP contribution in [0, 0.1) is 13.8 Å². The van der Waals surface area contributed by atoms with Gasteiger partial charge in [0.1, 0.15) is 0 Å². The van der Waals surface area contributed by atoms with Crippen molar-refractivity contribution in [2.24, 2.45) is 0 Å². The highest BCUT2D eigenvalue weighted by Gasteiger charge is 2.25. The average molecular weight is 272 g/mol. The Balaban J connectivity index is 2.25. The Morgan fingerprint density at radius 3 is 2.40 bits per heavy atom. The Bertz CT molecular complexity index is 632. The topological polar surface area (TPSA) is 72.2 Å². The van der Waals surface area contributed by atoms with Crippen LogP contribution in [-0.2, 0) is 4.79 Å². The van der Waals surface area contributed by atoms with Crippen molar-refractivity contribution in [1.82, 2.24) is 9.78 Å². The van der Waals surface area contributed by atoms with Gasteiger partial charge in [0.25, 0.3) is 0 Å². The number of ketones is 1. The highest BCUT2D eigenvalue weighted by atomic mass is 16.4. The number of carboxylic acids is 1. The van der Waals surface area contributed by atoms with E-state index in [0.29, 0.717) is 5.56 Å². The summed E-state index contributed by atoms with van der Waals surface area (Å²) in [7, 11) is 0. The number of nitrogens with zero attached hydrogens (tertiary/aromatic N) is 2. The molecule has 1 aromatic carbocycles. The van der Waals surface area contributed by atoms with E-state index in [0.717, 1.165) is 11.4 Å². The maximum atomic E-state index is 12.1. The summed E-state index contributed by atoms with van der Waals surface area (Å²) in [5.74, 6) is -1.26. The average Bonchev–Trinajstić information content (AvgIpc) is 2.75. The monoisotopic (exact) mass is 272 g/mol. The van der Waals surface area contributed by atoms with Crippen LogP contribution in [0.5, 0.6) is 0 Å². The Hall–Kier alpha value is -2.43. The molecule has 2 rings (SSSR count). The molecule has 0 fully saturated rings. The highest BCUT2D eigenvalue weighted by Crippen LogP contribution is 2.18. The summed E-state index contributed by atoms with van der Waals surface area (Å²) in [6.07, 6.45) is -0.110. The Kier molecular flexibility index (Phi) is 3.98. The molecule has 1 N–H and O–H groups in total. The molecule has 1 aromatic heterocycles. The predicted molar refractivity (Wildman–Crippen MR) is 73.8 cm³/mol. The molecule has 0 aliphatic heterocycles. The Morgan fingerprint density at radius 1 is 1.25 bits per heavy atom. The van der Waals surface area contributed by atoms with Crippen molar-refractivity contribution in [2.75, 3.05) is 0 Å². The van der Waals surface area contributed by atoms with E-state index < -0.39 is 12.0 Å². The van der Waals surface area contributed by atoms with Crippen LogP contribution in [0.3, 0.4) is 0 Å². The van der Waals surface area contributed by atoms with Gasteiger partial charge in [0, 0.05) is 17.7 Å². The van der Waals surface area contributed by atoms with Gasteiger partial charge in [0.05, 0.1) is 5.69 Å². The van der Waals surface area contributed by atoms with Gasteiger partial charge in [0.2, 0.25) is 0 Å². The molecule has 1 atom stereocenters. The van der Waals surface area contributed by atoms with Crippen molar-refractivity contribution in [1.29, 1.82) is 0 Å². The number of hydrogen-bond donors (Lipinski definition) is 1. The van der Waals surface area contributed by atoms with Gasteiger partial charge >= 0.3 is 5.97 Å². The van der Waals surface area contributed by atoms with Crippen molar-refractivity contribution >= 4 is 11.8 Å². The first-order valence-electron chi connectivity index (χ1n) is 6.33. The minimum absolute atomic E-state index is 0.110. The molecule has 0 radical (unpaired) electrons. The molecule has 104 valence electrons. The number of carbonyl (C=O) groups is 2. The molecule has 5 nitrogen and oxygen atoms in total. The number of carboxylic acid groups (broad SMARTS) is 1. The Morgan fingerprint density at radius 2 is 1.90 bits per heavy atom. The van der Waals surface area contributed by atoms with Crippen molar-refractivity contribution in [3.8, 4) is 0 Å². The van der Waals surface area contributed by atoms with Crippen LogP contribution in [0.1, 0.15) is 34.2 Å². The lowest BCUT2D eigenvalue weighted by Gasteiger charge is -2.14. The fourth-order valence-corrected chi connectivity index (χ4v) is 2.16. The van der Waals surface area contributed by atoms with Crippen LogP contribution in [0.25, 0.3) is 0 Å². The molecular weight excluding hydrogens is 256 g/mol. The van der Waals surface area contributed by atoms with Crippen molar-refractivity contribution in [3.05, 3.63) is 53.3 Å². The highest BCUT2D eigenvalue weighted by molar-refractivity contribution is 5.98. The zero-order valence-corrected chi connectivity index (χ0v) is 11.4. The maximum Gasteiger partial charge on any atom is 0.328 e. The maximum absolute atomic E-state index is 12.1.